The summed E-state index contributed by atoms with van der Waals surface area (Å²) in [6, 6.07) is 0.186. The second kappa shape index (κ2) is 5.65. The first-order chi connectivity index (χ1) is 7.90. The number of hydrogen-bond donors (Lipinski definition) is 1. The number of anilines is 1. The minimum absolute atomic E-state index is 0.0314. The Kier molecular flexibility index (Phi) is 4.48. The van der Waals surface area contributed by atoms with E-state index in [0.29, 0.717) is 11.7 Å². The average Bonchev–Trinajstić information content (AvgIpc) is 2.56. The maximum Gasteiger partial charge on any atom is 0.330 e. The zero-order valence-electron chi connectivity index (χ0n) is 10.8. The molecule has 0 aliphatic carbocycles. The molecule has 1 N–H and O–H groups in total. The molecule has 0 aliphatic heterocycles. The van der Waals surface area contributed by atoms with E-state index in [2.05, 4.69) is 24.3 Å². The molecule has 1 atom stereocenters. The van der Waals surface area contributed by atoms with Gasteiger partial charge in [0.25, 0.3) is 0 Å². The largest absolute Gasteiger partial charge is 0.360 e. The number of rotatable bonds is 6. The minimum atomic E-state index is -0.412. The lowest BCUT2D eigenvalue weighted by Gasteiger charge is -2.13. The van der Waals surface area contributed by atoms with Crippen LogP contribution in [0.15, 0.2) is 6.20 Å². The summed E-state index contributed by atoms with van der Waals surface area (Å²) in [5, 5.41) is 18.0. The first kappa shape index (κ1) is 13.5. The van der Waals surface area contributed by atoms with Crippen LogP contribution in [-0.2, 0) is 7.05 Å². The summed E-state index contributed by atoms with van der Waals surface area (Å²) < 4.78 is 1.45. The van der Waals surface area contributed by atoms with Gasteiger partial charge >= 0.3 is 5.69 Å². The SMILES string of the molecule is CC(C)CCC(C)Nc1nn(C)cc1[N+](=O)[O-]. The maximum absolute atomic E-state index is 10.8. The van der Waals surface area contributed by atoms with Crippen LogP contribution in [0.25, 0.3) is 0 Å². The molecule has 0 aliphatic rings. The van der Waals surface area contributed by atoms with Crippen LogP contribution in [0.1, 0.15) is 33.6 Å². The molecule has 1 aromatic heterocycles. The van der Waals surface area contributed by atoms with Gasteiger partial charge < -0.3 is 5.32 Å². The Morgan fingerprint density at radius 3 is 2.65 bits per heavy atom. The molecular formula is C11H20N4O2. The van der Waals surface area contributed by atoms with E-state index >= 15 is 0 Å². The van der Waals surface area contributed by atoms with E-state index in [1.807, 2.05) is 6.92 Å². The van der Waals surface area contributed by atoms with Crippen LogP contribution in [-0.4, -0.2) is 20.7 Å². The summed E-state index contributed by atoms with van der Waals surface area (Å²) >= 11 is 0. The molecule has 17 heavy (non-hydrogen) atoms. The van der Waals surface area contributed by atoms with Gasteiger partial charge in [-0.25, -0.2) is 0 Å². The predicted octanol–water partition coefficient (Wildman–Crippen LogP) is 2.56. The molecule has 1 aromatic rings. The topological polar surface area (TPSA) is 73.0 Å². The number of aryl methyl sites for hydroxylation is 1. The maximum atomic E-state index is 10.8. The van der Waals surface area contributed by atoms with Crippen LogP contribution in [0.2, 0.25) is 0 Å². The quantitative estimate of drug-likeness (QED) is 0.612. The molecule has 0 saturated carbocycles. The highest BCUT2D eigenvalue weighted by molar-refractivity contribution is 5.54. The minimum Gasteiger partial charge on any atom is -0.360 e. The summed E-state index contributed by atoms with van der Waals surface area (Å²) in [5.74, 6) is 0.992. The monoisotopic (exact) mass is 240 g/mol. The van der Waals surface area contributed by atoms with E-state index in [1.54, 1.807) is 7.05 Å². The van der Waals surface area contributed by atoms with Crippen LogP contribution in [0.3, 0.4) is 0 Å². The molecule has 6 nitrogen and oxygen atoms in total. The van der Waals surface area contributed by atoms with Gasteiger partial charge in [-0.2, -0.15) is 0 Å². The van der Waals surface area contributed by atoms with E-state index in [-0.39, 0.29) is 11.7 Å². The van der Waals surface area contributed by atoms with Crippen molar-refractivity contribution in [2.75, 3.05) is 5.32 Å². The Labute approximate surface area is 101 Å². The van der Waals surface area contributed by atoms with Gasteiger partial charge in [-0.15, -0.1) is 5.10 Å². The summed E-state index contributed by atoms with van der Waals surface area (Å²) in [5.41, 5.74) is 0.0314. The fourth-order valence-electron chi connectivity index (χ4n) is 1.60. The van der Waals surface area contributed by atoms with Crippen molar-refractivity contribution in [3.05, 3.63) is 16.3 Å². The molecule has 0 saturated heterocycles. The molecule has 0 spiro atoms. The van der Waals surface area contributed by atoms with Crippen molar-refractivity contribution in [2.45, 2.75) is 39.7 Å². The van der Waals surface area contributed by atoms with Crippen molar-refractivity contribution < 1.29 is 4.92 Å². The Balaban J connectivity index is 2.64. The van der Waals surface area contributed by atoms with Crippen LogP contribution >= 0.6 is 0 Å². The molecule has 1 heterocycles. The van der Waals surface area contributed by atoms with E-state index in [9.17, 15) is 10.1 Å². The molecule has 0 radical (unpaired) electrons. The van der Waals surface area contributed by atoms with Gasteiger partial charge in [0.05, 0.1) is 4.92 Å². The fraction of sp³-hybridized carbons (Fsp3) is 0.727. The van der Waals surface area contributed by atoms with Gasteiger partial charge in [0.1, 0.15) is 6.20 Å². The van der Waals surface area contributed by atoms with E-state index in [1.165, 1.54) is 10.9 Å². The third-order valence-electron chi connectivity index (χ3n) is 2.57. The number of nitrogens with zero attached hydrogens (tertiary/aromatic N) is 3. The third kappa shape index (κ3) is 4.05. The number of hydrogen-bond acceptors (Lipinski definition) is 4. The van der Waals surface area contributed by atoms with Gasteiger partial charge in [0.15, 0.2) is 0 Å². The molecule has 6 heteroatoms. The Bertz CT molecular complexity index is 387. The van der Waals surface area contributed by atoms with Crippen LogP contribution in [0.4, 0.5) is 11.5 Å². The van der Waals surface area contributed by atoms with Crippen molar-refractivity contribution in [2.24, 2.45) is 13.0 Å². The molecule has 1 unspecified atom stereocenters. The van der Waals surface area contributed by atoms with Crippen molar-refractivity contribution in [1.82, 2.24) is 9.78 Å². The summed E-state index contributed by atoms with van der Waals surface area (Å²) in [4.78, 5) is 10.4. The highest BCUT2D eigenvalue weighted by Gasteiger charge is 2.19. The first-order valence-electron chi connectivity index (χ1n) is 5.84. The Morgan fingerprint density at radius 2 is 2.12 bits per heavy atom. The lowest BCUT2D eigenvalue weighted by atomic mass is 10.0. The van der Waals surface area contributed by atoms with E-state index < -0.39 is 4.92 Å². The zero-order chi connectivity index (χ0) is 13.0. The predicted molar refractivity (Wildman–Crippen MR) is 67.0 cm³/mol. The smallest absolute Gasteiger partial charge is 0.330 e. The Hall–Kier alpha value is -1.59. The van der Waals surface area contributed by atoms with Crippen molar-refractivity contribution in [1.29, 1.82) is 0 Å². The average molecular weight is 240 g/mol. The molecule has 0 bridgehead atoms. The lowest BCUT2D eigenvalue weighted by molar-refractivity contribution is -0.384. The highest BCUT2D eigenvalue weighted by Crippen LogP contribution is 2.23. The van der Waals surface area contributed by atoms with Gasteiger partial charge in [-0.3, -0.25) is 14.8 Å². The second-order valence-corrected chi connectivity index (χ2v) is 4.81. The van der Waals surface area contributed by atoms with Crippen LogP contribution < -0.4 is 5.32 Å². The molecule has 96 valence electrons. The van der Waals surface area contributed by atoms with Crippen molar-refractivity contribution >= 4 is 11.5 Å². The first-order valence-corrected chi connectivity index (χ1v) is 5.84. The van der Waals surface area contributed by atoms with E-state index in [4.69, 9.17) is 0 Å². The molecule has 1 rings (SSSR count). The number of nitro groups is 1. The van der Waals surface area contributed by atoms with E-state index in [0.717, 1.165) is 12.8 Å². The van der Waals surface area contributed by atoms with Crippen molar-refractivity contribution in [3.63, 3.8) is 0 Å². The standard InChI is InChI=1S/C11H20N4O2/c1-8(2)5-6-9(3)12-11-10(15(16)17)7-14(4)13-11/h7-9H,5-6H2,1-4H3,(H,12,13). The summed E-state index contributed by atoms with van der Waals surface area (Å²) in [7, 11) is 1.68. The molecule has 0 aromatic carbocycles. The highest BCUT2D eigenvalue weighted by atomic mass is 16.6. The Morgan fingerprint density at radius 1 is 1.47 bits per heavy atom. The normalized spacial score (nSPS) is 12.8. The van der Waals surface area contributed by atoms with Crippen LogP contribution in [0.5, 0.6) is 0 Å². The van der Waals surface area contributed by atoms with Gasteiger partial charge in [-0.1, -0.05) is 13.8 Å². The fourth-order valence-corrected chi connectivity index (χ4v) is 1.60. The second-order valence-electron chi connectivity index (χ2n) is 4.81. The lowest BCUT2D eigenvalue weighted by Crippen LogP contribution is -2.17. The summed E-state index contributed by atoms with van der Waals surface area (Å²) in [6.07, 6.45) is 3.48. The number of nitrogens with one attached hydrogen (secondary N) is 1. The van der Waals surface area contributed by atoms with Crippen LogP contribution in [0, 0.1) is 16.0 Å². The van der Waals surface area contributed by atoms with Gasteiger partial charge in [-0.05, 0) is 25.7 Å². The summed E-state index contributed by atoms with van der Waals surface area (Å²) in [6.45, 7) is 6.34. The van der Waals surface area contributed by atoms with Crippen molar-refractivity contribution in [3.8, 4) is 0 Å². The van der Waals surface area contributed by atoms with Gasteiger partial charge in [0, 0.05) is 13.1 Å². The van der Waals surface area contributed by atoms with Gasteiger partial charge in [0.2, 0.25) is 5.82 Å². The zero-order valence-corrected chi connectivity index (χ0v) is 10.8. The molecule has 0 amide bonds. The third-order valence-corrected chi connectivity index (χ3v) is 2.57. The molecule has 0 fully saturated rings. The molecular weight excluding hydrogens is 220 g/mol. The number of aromatic nitrogens is 2.